The van der Waals surface area contributed by atoms with Crippen molar-refractivity contribution in [3.05, 3.63) is 0 Å². The number of alkyl halides is 1. The topological polar surface area (TPSA) is 35.5 Å². The van der Waals surface area contributed by atoms with Crippen LogP contribution < -0.4 is 0 Å². The molecule has 1 saturated heterocycles. The van der Waals surface area contributed by atoms with Crippen molar-refractivity contribution < 1.29 is 18.7 Å². The summed E-state index contributed by atoms with van der Waals surface area (Å²) in [4.78, 5) is 10.6. The van der Waals surface area contributed by atoms with E-state index in [4.69, 9.17) is 9.47 Å². The lowest BCUT2D eigenvalue weighted by Crippen LogP contribution is -2.28. The van der Waals surface area contributed by atoms with E-state index in [-0.39, 0.29) is 12.0 Å². The molecule has 4 heteroatoms. The minimum Gasteiger partial charge on any atom is -0.456 e. The van der Waals surface area contributed by atoms with E-state index in [0.717, 1.165) is 6.42 Å². The third kappa shape index (κ3) is 2.18. The van der Waals surface area contributed by atoms with Gasteiger partial charge in [0.2, 0.25) is 6.36 Å². The number of halogens is 1. The molecule has 2 unspecified atom stereocenters. The van der Waals surface area contributed by atoms with Gasteiger partial charge >= 0.3 is 5.97 Å². The summed E-state index contributed by atoms with van der Waals surface area (Å²) >= 11 is 0. The zero-order valence-electron chi connectivity index (χ0n) is 8.12. The Morgan fingerprint density at radius 3 is 2.62 bits per heavy atom. The van der Waals surface area contributed by atoms with Crippen molar-refractivity contribution in [2.75, 3.05) is 0 Å². The number of esters is 1. The molecular weight excluding hydrogens is 175 g/mol. The number of rotatable bonds is 2. The maximum absolute atomic E-state index is 13.1. The summed E-state index contributed by atoms with van der Waals surface area (Å²) in [5.41, 5.74) is 0. The molecule has 0 aromatic carbocycles. The average Bonchev–Trinajstić information content (AvgIpc) is 2.31. The van der Waals surface area contributed by atoms with Crippen LogP contribution in [0.3, 0.4) is 0 Å². The molecule has 76 valence electrons. The van der Waals surface area contributed by atoms with Crippen LogP contribution in [0.25, 0.3) is 0 Å². The first-order valence-electron chi connectivity index (χ1n) is 4.53. The number of hydrogen-bond acceptors (Lipinski definition) is 3. The van der Waals surface area contributed by atoms with Crippen molar-refractivity contribution in [2.45, 2.75) is 45.8 Å². The molecule has 4 atom stereocenters. The molecule has 0 amide bonds. The number of ether oxygens (including phenoxy) is 2. The van der Waals surface area contributed by atoms with Crippen LogP contribution in [0.5, 0.6) is 0 Å². The van der Waals surface area contributed by atoms with Gasteiger partial charge in [-0.05, 0) is 6.42 Å². The second-order valence-electron chi connectivity index (χ2n) is 3.37. The maximum atomic E-state index is 13.1. The van der Waals surface area contributed by atoms with Crippen LogP contribution in [0.15, 0.2) is 0 Å². The van der Waals surface area contributed by atoms with E-state index < -0.39 is 18.4 Å². The maximum Gasteiger partial charge on any atom is 0.303 e. The molecule has 0 aromatic heterocycles. The SMILES string of the molecule is CC[C@H]1OC(F)C(OC(C)=O)[C@H]1C. The quantitative estimate of drug-likeness (QED) is 0.621. The first-order chi connectivity index (χ1) is 6.06. The number of hydrogen-bond donors (Lipinski definition) is 0. The van der Waals surface area contributed by atoms with Gasteiger partial charge in [-0.2, -0.15) is 0 Å². The number of carbonyl (C=O) groups excluding carboxylic acids is 1. The monoisotopic (exact) mass is 190 g/mol. The molecule has 13 heavy (non-hydrogen) atoms. The third-order valence-electron chi connectivity index (χ3n) is 2.37. The van der Waals surface area contributed by atoms with Gasteiger partial charge in [-0.25, -0.2) is 4.39 Å². The summed E-state index contributed by atoms with van der Waals surface area (Å²) in [6.45, 7) is 5.03. The van der Waals surface area contributed by atoms with Crippen LogP contribution in [-0.4, -0.2) is 24.5 Å². The van der Waals surface area contributed by atoms with Crippen LogP contribution in [0, 0.1) is 5.92 Å². The van der Waals surface area contributed by atoms with Gasteiger partial charge in [0.05, 0.1) is 6.10 Å². The molecule has 0 radical (unpaired) electrons. The fraction of sp³-hybridized carbons (Fsp3) is 0.889. The standard InChI is InChI=1S/C9H15FO3/c1-4-7-5(2)8(9(10)13-7)12-6(3)11/h5,7-9H,4H2,1-3H3/t5-,7+,8?,9?/m0/s1. The highest BCUT2D eigenvalue weighted by Crippen LogP contribution is 2.31. The van der Waals surface area contributed by atoms with Crippen molar-refractivity contribution in [3.63, 3.8) is 0 Å². The molecule has 0 bridgehead atoms. The summed E-state index contributed by atoms with van der Waals surface area (Å²) in [5.74, 6) is -0.524. The Balaban J connectivity index is 2.58. The highest BCUT2D eigenvalue weighted by Gasteiger charge is 2.43. The third-order valence-corrected chi connectivity index (χ3v) is 2.37. The molecule has 0 spiro atoms. The van der Waals surface area contributed by atoms with Gasteiger partial charge in [0.15, 0.2) is 6.10 Å². The first-order valence-corrected chi connectivity index (χ1v) is 4.53. The molecular formula is C9H15FO3. The van der Waals surface area contributed by atoms with E-state index in [1.165, 1.54) is 6.92 Å². The van der Waals surface area contributed by atoms with Crippen molar-refractivity contribution in [2.24, 2.45) is 5.92 Å². The molecule has 0 saturated carbocycles. The highest BCUT2D eigenvalue weighted by atomic mass is 19.1. The van der Waals surface area contributed by atoms with Gasteiger partial charge in [-0.3, -0.25) is 4.79 Å². The van der Waals surface area contributed by atoms with Gasteiger partial charge in [0, 0.05) is 12.8 Å². The van der Waals surface area contributed by atoms with Crippen molar-refractivity contribution in [3.8, 4) is 0 Å². The Morgan fingerprint density at radius 2 is 2.23 bits per heavy atom. The van der Waals surface area contributed by atoms with Gasteiger partial charge in [-0.1, -0.05) is 13.8 Å². The zero-order valence-corrected chi connectivity index (χ0v) is 8.12. The predicted molar refractivity (Wildman–Crippen MR) is 44.8 cm³/mol. The summed E-state index contributed by atoms with van der Waals surface area (Å²) in [6, 6.07) is 0. The molecule has 3 nitrogen and oxygen atoms in total. The Morgan fingerprint density at radius 1 is 1.62 bits per heavy atom. The van der Waals surface area contributed by atoms with Crippen LogP contribution in [0.4, 0.5) is 4.39 Å². The second kappa shape index (κ2) is 4.05. The van der Waals surface area contributed by atoms with Gasteiger partial charge in [-0.15, -0.1) is 0 Å². The van der Waals surface area contributed by atoms with E-state index >= 15 is 0 Å². The lowest BCUT2D eigenvalue weighted by molar-refractivity contribution is -0.156. The van der Waals surface area contributed by atoms with Crippen LogP contribution >= 0.6 is 0 Å². The Bertz CT molecular complexity index is 195. The lowest BCUT2D eigenvalue weighted by atomic mass is 9.99. The highest BCUT2D eigenvalue weighted by molar-refractivity contribution is 5.66. The van der Waals surface area contributed by atoms with Crippen molar-refractivity contribution >= 4 is 5.97 Å². The Hall–Kier alpha value is -0.640. The van der Waals surface area contributed by atoms with E-state index in [1.807, 2.05) is 13.8 Å². The first kappa shape index (κ1) is 10.4. The average molecular weight is 190 g/mol. The van der Waals surface area contributed by atoms with E-state index in [1.54, 1.807) is 0 Å². The molecule has 0 aliphatic carbocycles. The number of carbonyl (C=O) groups is 1. The summed E-state index contributed by atoms with van der Waals surface area (Å²) in [6.07, 6.45) is -1.61. The van der Waals surface area contributed by atoms with Crippen molar-refractivity contribution in [1.29, 1.82) is 0 Å². The second-order valence-corrected chi connectivity index (χ2v) is 3.37. The lowest BCUT2D eigenvalue weighted by Gasteiger charge is -2.16. The van der Waals surface area contributed by atoms with E-state index in [2.05, 4.69) is 0 Å². The molecule has 1 aliphatic heterocycles. The van der Waals surface area contributed by atoms with Crippen molar-refractivity contribution in [1.82, 2.24) is 0 Å². The largest absolute Gasteiger partial charge is 0.456 e. The normalized spacial score (nSPS) is 39.1. The van der Waals surface area contributed by atoms with Crippen LogP contribution in [0.2, 0.25) is 0 Å². The summed E-state index contributed by atoms with van der Waals surface area (Å²) in [7, 11) is 0. The fourth-order valence-electron chi connectivity index (χ4n) is 1.64. The Kier molecular flexibility index (Phi) is 3.25. The molecule has 1 heterocycles. The zero-order chi connectivity index (χ0) is 10.0. The van der Waals surface area contributed by atoms with Gasteiger partial charge in [0.1, 0.15) is 0 Å². The predicted octanol–water partition coefficient (Wildman–Crippen LogP) is 1.66. The van der Waals surface area contributed by atoms with Gasteiger partial charge in [0.25, 0.3) is 0 Å². The molecule has 0 N–H and O–H groups in total. The van der Waals surface area contributed by atoms with Crippen LogP contribution in [-0.2, 0) is 14.3 Å². The van der Waals surface area contributed by atoms with E-state index in [0.29, 0.717) is 0 Å². The molecule has 1 aliphatic rings. The minimum atomic E-state index is -1.47. The minimum absolute atomic E-state index is 0.0658. The van der Waals surface area contributed by atoms with Crippen LogP contribution in [0.1, 0.15) is 27.2 Å². The smallest absolute Gasteiger partial charge is 0.303 e. The summed E-state index contributed by atoms with van der Waals surface area (Å²) in [5, 5.41) is 0. The summed E-state index contributed by atoms with van der Waals surface area (Å²) < 4.78 is 23.0. The fourth-order valence-corrected chi connectivity index (χ4v) is 1.64. The molecule has 0 aromatic rings. The van der Waals surface area contributed by atoms with E-state index in [9.17, 15) is 9.18 Å². The molecule has 1 rings (SSSR count). The van der Waals surface area contributed by atoms with Gasteiger partial charge < -0.3 is 9.47 Å². The Labute approximate surface area is 77.2 Å². The molecule has 1 fully saturated rings.